The van der Waals surface area contributed by atoms with Crippen LogP contribution in [-0.2, 0) is 17.6 Å². The van der Waals surface area contributed by atoms with Crippen molar-refractivity contribution in [3.05, 3.63) is 78.1 Å². The number of benzene rings is 2. The van der Waals surface area contributed by atoms with Crippen molar-refractivity contribution >= 4 is 17.2 Å². The fraction of sp³-hybridized carbons (Fsp3) is 0.370. The Morgan fingerprint density at radius 3 is 2.15 bits per heavy atom. The fourth-order valence-electron chi connectivity index (χ4n) is 4.30. The van der Waals surface area contributed by atoms with Crippen molar-refractivity contribution in [3.8, 4) is 5.69 Å². The molecule has 0 saturated carbocycles. The van der Waals surface area contributed by atoms with E-state index in [2.05, 4.69) is 47.9 Å². The van der Waals surface area contributed by atoms with Gasteiger partial charge in [0.05, 0.1) is 23.6 Å². The quantitative estimate of drug-likeness (QED) is 0.507. The van der Waals surface area contributed by atoms with Crippen molar-refractivity contribution < 1.29 is 4.79 Å². The summed E-state index contributed by atoms with van der Waals surface area (Å²) in [6.07, 6.45) is 1.17. The third kappa shape index (κ3) is 5.96. The number of ketones is 1. The molecule has 3 aromatic rings. The Morgan fingerprint density at radius 2 is 1.55 bits per heavy atom. The molecule has 0 atom stereocenters. The molecule has 0 bridgehead atoms. The zero-order valence-corrected chi connectivity index (χ0v) is 19.6. The van der Waals surface area contributed by atoms with Gasteiger partial charge in [-0.3, -0.25) is 9.69 Å². The second-order valence-electron chi connectivity index (χ2n) is 9.15. The van der Waals surface area contributed by atoms with Crippen LogP contribution in [0, 0.1) is 11.3 Å². The average molecular weight is 444 g/mol. The molecule has 0 aliphatic carbocycles. The Morgan fingerprint density at radius 1 is 0.939 bits per heavy atom. The standard InChI is InChI=1S/C27H33N5O/c1-21(2)17-25-18-22(29-32(25)24-11-7-4-8-12-24)19-26(28)27(33)20-30-13-15-31(16-14-30)23-9-5-3-6-10-23/h3-12,18,21,28H,13-17,19-20H2,1-2H3. The van der Waals surface area contributed by atoms with Crippen LogP contribution in [-0.4, -0.2) is 58.9 Å². The molecule has 0 amide bonds. The first-order valence-electron chi connectivity index (χ1n) is 11.8. The minimum atomic E-state index is -0.108. The van der Waals surface area contributed by atoms with Gasteiger partial charge in [0.2, 0.25) is 0 Å². The number of carbonyl (C=O) groups is 1. The van der Waals surface area contributed by atoms with E-state index in [4.69, 9.17) is 10.5 Å². The molecule has 0 radical (unpaired) electrons. The fourth-order valence-corrected chi connectivity index (χ4v) is 4.30. The summed E-state index contributed by atoms with van der Waals surface area (Å²) in [5.74, 6) is 0.385. The number of rotatable bonds is 9. The molecule has 1 aliphatic rings. The first-order chi connectivity index (χ1) is 16.0. The maximum Gasteiger partial charge on any atom is 0.190 e. The molecule has 33 heavy (non-hydrogen) atoms. The largest absolute Gasteiger partial charge is 0.369 e. The van der Waals surface area contributed by atoms with Crippen molar-refractivity contribution in [1.82, 2.24) is 14.7 Å². The highest BCUT2D eigenvalue weighted by Crippen LogP contribution is 2.18. The number of hydrogen-bond donors (Lipinski definition) is 1. The van der Waals surface area contributed by atoms with Crippen molar-refractivity contribution in [2.24, 2.45) is 5.92 Å². The van der Waals surface area contributed by atoms with Crippen LogP contribution in [0.4, 0.5) is 5.69 Å². The maximum atomic E-state index is 12.8. The number of aromatic nitrogens is 2. The number of hydrogen-bond acceptors (Lipinski definition) is 5. The molecule has 1 aromatic heterocycles. The SMILES string of the molecule is CC(C)Cc1cc(CC(=N)C(=O)CN2CCN(c3ccccc3)CC2)nn1-c1ccccc1. The van der Waals surface area contributed by atoms with Crippen LogP contribution in [0.25, 0.3) is 5.69 Å². The number of nitrogens with one attached hydrogen (secondary N) is 1. The lowest BCUT2D eigenvalue weighted by molar-refractivity contribution is -0.114. The van der Waals surface area contributed by atoms with Gasteiger partial charge in [-0.1, -0.05) is 50.2 Å². The van der Waals surface area contributed by atoms with Gasteiger partial charge in [0.25, 0.3) is 0 Å². The second-order valence-corrected chi connectivity index (χ2v) is 9.15. The van der Waals surface area contributed by atoms with Crippen molar-refractivity contribution in [2.45, 2.75) is 26.7 Å². The Labute approximate surface area is 196 Å². The monoisotopic (exact) mass is 443 g/mol. The van der Waals surface area contributed by atoms with E-state index in [9.17, 15) is 4.79 Å². The van der Waals surface area contributed by atoms with Gasteiger partial charge >= 0.3 is 0 Å². The van der Waals surface area contributed by atoms with Crippen LogP contribution in [0.3, 0.4) is 0 Å². The van der Waals surface area contributed by atoms with Crippen LogP contribution in [0.15, 0.2) is 66.7 Å². The molecule has 6 heteroatoms. The van der Waals surface area contributed by atoms with Gasteiger partial charge in [0, 0.05) is 44.0 Å². The smallest absolute Gasteiger partial charge is 0.190 e. The Kier molecular flexibility index (Phi) is 7.35. The van der Waals surface area contributed by atoms with Crippen LogP contribution >= 0.6 is 0 Å². The summed E-state index contributed by atoms with van der Waals surface area (Å²) >= 11 is 0. The summed E-state index contributed by atoms with van der Waals surface area (Å²) < 4.78 is 1.95. The molecule has 6 nitrogen and oxygen atoms in total. The summed E-state index contributed by atoms with van der Waals surface area (Å²) in [5, 5.41) is 13.2. The Hall–Kier alpha value is -3.25. The molecular formula is C27H33N5O. The second kappa shape index (κ2) is 10.6. The molecule has 0 spiro atoms. The highest BCUT2D eigenvalue weighted by molar-refractivity contribution is 6.39. The van der Waals surface area contributed by atoms with Crippen molar-refractivity contribution in [2.75, 3.05) is 37.6 Å². The summed E-state index contributed by atoms with van der Waals surface area (Å²) in [6, 6.07) is 22.5. The third-order valence-electron chi connectivity index (χ3n) is 6.01. The van der Waals surface area contributed by atoms with E-state index in [0.717, 1.165) is 49.7 Å². The van der Waals surface area contributed by atoms with Gasteiger partial charge < -0.3 is 10.3 Å². The molecule has 1 N–H and O–H groups in total. The number of nitrogens with zero attached hydrogens (tertiary/aromatic N) is 4. The minimum absolute atomic E-state index is 0.108. The molecular weight excluding hydrogens is 410 g/mol. The zero-order chi connectivity index (χ0) is 23.2. The van der Waals surface area contributed by atoms with E-state index in [0.29, 0.717) is 12.5 Å². The average Bonchev–Trinajstić information content (AvgIpc) is 3.22. The number of carbonyl (C=O) groups excluding carboxylic acids is 1. The van der Waals surface area contributed by atoms with Crippen LogP contribution in [0.1, 0.15) is 25.2 Å². The van der Waals surface area contributed by atoms with Gasteiger partial charge in [-0.25, -0.2) is 4.68 Å². The van der Waals surface area contributed by atoms with Crippen LogP contribution in [0.5, 0.6) is 0 Å². The van der Waals surface area contributed by atoms with E-state index in [1.807, 2.05) is 47.1 Å². The molecule has 172 valence electrons. The van der Waals surface area contributed by atoms with E-state index in [-0.39, 0.29) is 17.9 Å². The summed E-state index contributed by atoms with van der Waals surface area (Å²) in [7, 11) is 0. The molecule has 2 heterocycles. The van der Waals surface area contributed by atoms with Gasteiger partial charge in [0.1, 0.15) is 0 Å². The van der Waals surface area contributed by atoms with Gasteiger partial charge in [-0.15, -0.1) is 0 Å². The molecule has 1 saturated heterocycles. The number of piperazine rings is 1. The number of para-hydroxylation sites is 2. The lowest BCUT2D eigenvalue weighted by Gasteiger charge is -2.35. The molecule has 4 rings (SSSR count). The van der Waals surface area contributed by atoms with Crippen LogP contribution in [0.2, 0.25) is 0 Å². The minimum Gasteiger partial charge on any atom is -0.369 e. The van der Waals surface area contributed by atoms with E-state index < -0.39 is 0 Å². The molecule has 2 aromatic carbocycles. The summed E-state index contributed by atoms with van der Waals surface area (Å²) in [4.78, 5) is 17.3. The topological polar surface area (TPSA) is 65.2 Å². The van der Waals surface area contributed by atoms with E-state index in [1.165, 1.54) is 5.69 Å². The highest BCUT2D eigenvalue weighted by atomic mass is 16.1. The van der Waals surface area contributed by atoms with Gasteiger partial charge in [-0.2, -0.15) is 5.10 Å². The van der Waals surface area contributed by atoms with Gasteiger partial charge in [0.15, 0.2) is 5.78 Å². The lowest BCUT2D eigenvalue weighted by atomic mass is 10.1. The predicted molar refractivity (Wildman–Crippen MR) is 134 cm³/mol. The predicted octanol–water partition coefficient (Wildman–Crippen LogP) is 4.02. The molecule has 1 fully saturated rings. The Bertz CT molecular complexity index is 1070. The zero-order valence-electron chi connectivity index (χ0n) is 19.6. The number of Topliss-reactive ketones (excluding diaryl/α,β-unsaturated/α-hetero) is 1. The normalized spacial score (nSPS) is 14.6. The summed E-state index contributed by atoms with van der Waals surface area (Å²) in [5.41, 5.74) is 4.26. The number of anilines is 1. The highest BCUT2D eigenvalue weighted by Gasteiger charge is 2.22. The van der Waals surface area contributed by atoms with E-state index >= 15 is 0 Å². The van der Waals surface area contributed by atoms with Crippen molar-refractivity contribution in [1.29, 1.82) is 5.41 Å². The molecule has 0 unspecified atom stereocenters. The summed E-state index contributed by atoms with van der Waals surface area (Å²) in [6.45, 7) is 8.12. The van der Waals surface area contributed by atoms with E-state index in [1.54, 1.807) is 0 Å². The first kappa shape index (κ1) is 22.9. The first-order valence-corrected chi connectivity index (χ1v) is 11.8. The molecule has 1 aliphatic heterocycles. The maximum absolute atomic E-state index is 12.8. The van der Waals surface area contributed by atoms with Gasteiger partial charge in [-0.05, 0) is 42.7 Å². The van der Waals surface area contributed by atoms with Crippen molar-refractivity contribution in [3.63, 3.8) is 0 Å². The van der Waals surface area contributed by atoms with Crippen LogP contribution < -0.4 is 4.90 Å². The third-order valence-corrected chi connectivity index (χ3v) is 6.01. The Balaban J connectivity index is 1.35. The lowest BCUT2D eigenvalue weighted by Crippen LogP contribution is -2.48.